The van der Waals surface area contributed by atoms with Crippen LogP contribution in [0.15, 0.2) is 24.3 Å². The van der Waals surface area contributed by atoms with E-state index in [-0.39, 0.29) is 6.09 Å². The van der Waals surface area contributed by atoms with Crippen molar-refractivity contribution >= 4 is 6.09 Å². The van der Waals surface area contributed by atoms with Gasteiger partial charge < -0.3 is 9.64 Å². The number of benzene rings is 1. The lowest BCUT2D eigenvalue weighted by Crippen LogP contribution is -2.48. The molecule has 0 saturated carbocycles. The molecule has 5 heteroatoms. The highest BCUT2D eigenvalue weighted by molar-refractivity contribution is 5.67. The second-order valence-electron chi connectivity index (χ2n) is 7.04. The summed E-state index contributed by atoms with van der Waals surface area (Å²) < 4.78 is 4.82. The summed E-state index contributed by atoms with van der Waals surface area (Å²) in [5.41, 5.74) is 2.39. The Morgan fingerprint density at radius 3 is 2.25 bits per heavy atom. The smallest absolute Gasteiger partial charge is 0.409 e. The summed E-state index contributed by atoms with van der Waals surface area (Å²) in [6.07, 6.45) is 4.40. The topological polar surface area (TPSA) is 56.6 Å². The van der Waals surface area contributed by atoms with Crippen LogP contribution >= 0.6 is 0 Å². The molecule has 2 fully saturated rings. The molecule has 2 aliphatic rings. The van der Waals surface area contributed by atoms with E-state index in [0.29, 0.717) is 11.0 Å². The normalized spacial score (nSPS) is 20.6. The Kier molecular flexibility index (Phi) is 5.06. The first-order valence-electron chi connectivity index (χ1n) is 8.68. The highest BCUT2D eigenvalue weighted by Crippen LogP contribution is 2.41. The molecule has 2 saturated heterocycles. The Balaban J connectivity index is 1.49. The summed E-state index contributed by atoms with van der Waals surface area (Å²) in [4.78, 5) is 15.9. The number of hydrogen-bond acceptors (Lipinski definition) is 4. The number of nitriles is 1. The standard InChI is InChI=1S/C19H25N3O2/c1-24-18(23)22-12-8-19(9-13-22)6-10-21(11-7-19)15-17-4-2-16(14-20)3-5-17/h2-5H,6-13,15H2,1H3. The third-order valence-corrected chi connectivity index (χ3v) is 5.66. The monoisotopic (exact) mass is 327 g/mol. The van der Waals surface area contributed by atoms with Crippen molar-refractivity contribution in [2.45, 2.75) is 32.2 Å². The lowest BCUT2D eigenvalue weighted by molar-refractivity contribution is 0.0303. The fourth-order valence-electron chi connectivity index (χ4n) is 3.92. The molecule has 5 nitrogen and oxygen atoms in total. The summed E-state index contributed by atoms with van der Waals surface area (Å²) in [7, 11) is 1.45. The Morgan fingerprint density at radius 1 is 1.12 bits per heavy atom. The molecule has 0 unspecified atom stereocenters. The van der Waals surface area contributed by atoms with Gasteiger partial charge in [0.1, 0.15) is 0 Å². The van der Waals surface area contributed by atoms with Crippen LogP contribution in [0.3, 0.4) is 0 Å². The van der Waals surface area contributed by atoms with Gasteiger partial charge in [-0.15, -0.1) is 0 Å². The second kappa shape index (κ2) is 7.23. The Labute approximate surface area is 143 Å². The van der Waals surface area contributed by atoms with Gasteiger partial charge in [0.25, 0.3) is 0 Å². The van der Waals surface area contributed by atoms with Crippen LogP contribution in [0.4, 0.5) is 4.79 Å². The molecule has 3 rings (SSSR count). The molecule has 0 radical (unpaired) electrons. The van der Waals surface area contributed by atoms with Gasteiger partial charge in [0.15, 0.2) is 0 Å². The molecule has 0 atom stereocenters. The SMILES string of the molecule is COC(=O)N1CCC2(CCN(Cc3ccc(C#N)cc3)CC2)CC1. The molecule has 2 heterocycles. The fraction of sp³-hybridized carbons (Fsp3) is 0.579. The number of amides is 1. The Hall–Kier alpha value is -2.06. The average Bonchev–Trinajstić information content (AvgIpc) is 2.64. The molecule has 0 bridgehead atoms. The van der Waals surface area contributed by atoms with Crippen LogP contribution < -0.4 is 0 Å². The van der Waals surface area contributed by atoms with Crippen molar-refractivity contribution in [2.75, 3.05) is 33.3 Å². The first-order chi connectivity index (χ1) is 11.6. The average molecular weight is 327 g/mol. The number of likely N-dealkylation sites (tertiary alicyclic amines) is 2. The number of carbonyl (C=O) groups excluding carboxylic acids is 1. The minimum atomic E-state index is -0.192. The lowest BCUT2D eigenvalue weighted by Gasteiger charge is -2.46. The third-order valence-electron chi connectivity index (χ3n) is 5.66. The van der Waals surface area contributed by atoms with Crippen LogP contribution in [0.5, 0.6) is 0 Å². The van der Waals surface area contributed by atoms with Gasteiger partial charge in [-0.25, -0.2) is 4.79 Å². The molecule has 1 aromatic rings. The molecule has 1 aromatic carbocycles. The highest BCUT2D eigenvalue weighted by atomic mass is 16.5. The molecule has 0 aliphatic carbocycles. The van der Waals surface area contributed by atoms with E-state index in [4.69, 9.17) is 10.00 Å². The van der Waals surface area contributed by atoms with E-state index in [1.165, 1.54) is 25.5 Å². The van der Waals surface area contributed by atoms with Gasteiger partial charge in [-0.3, -0.25) is 4.90 Å². The van der Waals surface area contributed by atoms with Crippen LogP contribution in [-0.4, -0.2) is 49.2 Å². The van der Waals surface area contributed by atoms with Crippen LogP contribution in [0.1, 0.15) is 36.8 Å². The quantitative estimate of drug-likeness (QED) is 0.838. The van der Waals surface area contributed by atoms with Gasteiger partial charge in [0.05, 0.1) is 18.7 Å². The molecule has 1 spiro atoms. The highest BCUT2D eigenvalue weighted by Gasteiger charge is 2.38. The first-order valence-corrected chi connectivity index (χ1v) is 8.68. The Bertz CT molecular complexity index is 602. The van der Waals surface area contributed by atoms with E-state index in [1.807, 2.05) is 17.0 Å². The summed E-state index contributed by atoms with van der Waals surface area (Å²) in [5.74, 6) is 0. The maximum Gasteiger partial charge on any atom is 0.409 e. The van der Waals surface area contributed by atoms with E-state index in [0.717, 1.165) is 45.6 Å². The van der Waals surface area contributed by atoms with Crippen molar-refractivity contribution in [3.8, 4) is 6.07 Å². The van der Waals surface area contributed by atoms with Crippen molar-refractivity contribution in [3.05, 3.63) is 35.4 Å². The van der Waals surface area contributed by atoms with Crippen molar-refractivity contribution in [3.63, 3.8) is 0 Å². The van der Waals surface area contributed by atoms with Crippen LogP contribution in [0, 0.1) is 16.7 Å². The van der Waals surface area contributed by atoms with Crippen LogP contribution in [0.25, 0.3) is 0 Å². The summed E-state index contributed by atoms with van der Waals surface area (Å²) in [6, 6.07) is 10.1. The van der Waals surface area contributed by atoms with Crippen molar-refractivity contribution < 1.29 is 9.53 Å². The molecule has 128 valence electrons. The van der Waals surface area contributed by atoms with Gasteiger partial charge in [-0.1, -0.05) is 12.1 Å². The molecule has 2 aliphatic heterocycles. The van der Waals surface area contributed by atoms with Crippen molar-refractivity contribution in [1.29, 1.82) is 5.26 Å². The van der Waals surface area contributed by atoms with Crippen LogP contribution in [-0.2, 0) is 11.3 Å². The molecule has 24 heavy (non-hydrogen) atoms. The van der Waals surface area contributed by atoms with E-state index in [1.54, 1.807) is 0 Å². The van der Waals surface area contributed by atoms with E-state index < -0.39 is 0 Å². The van der Waals surface area contributed by atoms with Gasteiger partial charge in [-0.05, 0) is 61.9 Å². The molecule has 1 amide bonds. The summed E-state index contributed by atoms with van der Waals surface area (Å²) in [6.45, 7) is 4.82. The number of carbonyl (C=O) groups is 1. The van der Waals surface area contributed by atoms with E-state index >= 15 is 0 Å². The number of methoxy groups -OCH3 is 1. The number of nitrogens with zero attached hydrogens (tertiary/aromatic N) is 3. The van der Waals surface area contributed by atoms with E-state index in [9.17, 15) is 4.79 Å². The molecule has 0 aromatic heterocycles. The second-order valence-corrected chi connectivity index (χ2v) is 7.04. The van der Waals surface area contributed by atoms with Gasteiger partial charge in [-0.2, -0.15) is 5.26 Å². The van der Waals surface area contributed by atoms with Crippen molar-refractivity contribution in [1.82, 2.24) is 9.80 Å². The lowest BCUT2D eigenvalue weighted by atomic mass is 9.71. The molecular formula is C19H25N3O2. The zero-order valence-electron chi connectivity index (χ0n) is 14.3. The zero-order valence-corrected chi connectivity index (χ0v) is 14.3. The maximum atomic E-state index is 11.6. The number of ether oxygens (including phenoxy) is 1. The molecule has 0 N–H and O–H groups in total. The number of hydrogen-bond donors (Lipinski definition) is 0. The summed E-state index contributed by atoms with van der Waals surface area (Å²) in [5, 5.41) is 8.87. The van der Waals surface area contributed by atoms with Gasteiger partial charge >= 0.3 is 6.09 Å². The minimum absolute atomic E-state index is 0.192. The predicted molar refractivity (Wildman–Crippen MR) is 91.3 cm³/mol. The molecular weight excluding hydrogens is 302 g/mol. The van der Waals surface area contributed by atoms with Gasteiger partial charge in [0.2, 0.25) is 0 Å². The largest absolute Gasteiger partial charge is 0.453 e. The zero-order chi connectivity index (χ0) is 17.0. The predicted octanol–water partition coefficient (Wildman–Crippen LogP) is 3.00. The number of rotatable bonds is 2. The summed E-state index contributed by atoms with van der Waals surface area (Å²) >= 11 is 0. The van der Waals surface area contributed by atoms with Crippen LogP contribution in [0.2, 0.25) is 0 Å². The number of piperidine rings is 2. The van der Waals surface area contributed by atoms with E-state index in [2.05, 4.69) is 23.1 Å². The van der Waals surface area contributed by atoms with Gasteiger partial charge in [0, 0.05) is 19.6 Å². The third kappa shape index (κ3) is 3.70. The fourth-order valence-corrected chi connectivity index (χ4v) is 3.92. The van der Waals surface area contributed by atoms with Crippen molar-refractivity contribution in [2.24, 2.45) is 5.41 Å². The minimum Gasteiger partial charge on any atom is -0.453 e. The Morgan fingerprint density at radius 2 is 1.71 bits per heavy atom. The first kappa shape index (κ1) is 16.8. The maximum absolute atomic E-state index is 11.6.